The monoisotopic (exact) mass is 398 g/mol. The smallest absolute Gasteiger partial charge is 0.251 e. The number of methoxy groups -OCH3 is 2. The van der Waals surface area contributed by atoms with Gasteiger partial charge >= 0.3 is 0 Å². The van der Waals surface area contributed by atoms with Crippen molar-refractivity contribution in [1.29, 1.82) is 0 Å². The number of nitrogens with zero attached hydrogens (tertiary/aromatic N) is 1. The molecule has 0 aliphatic carbocycles. The Morgan fingerprint density at radius 2 is 2.17 bits per heavy atom. The Kier molecular flexibility index (Phi) is 5.40. The van der Waals surface area contributed by atoms with E-state index in [-0.39, 0.29) is 11.6 Å². The van der Waals surface area contributed by atoms with Gasteiger partial charge in [-0.2, -0.15) is 0 Å². The number of pyridine rings is 1. The quantitative estimate of drug-likeness (QED) is 0.732. The van der Waals surface area contributed by atoms with Crippen LogP contribution in [0.5, 0.6) is 11.5 Å². The van der Waals surface area contributed by atoms with Crippen molar-refractivity contribution in [1.82, 2.24) is 9.88 Å². The number of aliphatic hydroxyl groups is 1. The molecule has 0 saturated carbocycles. The molecule has 0 spiro atoms. The van der Waals surface area contributed by atoms with Gasteiger partial charge in [0.1, 0.15) is 0 Å². The van der Waals surface area contributed by atoms with Crippen LogP contribution >= 0.6 is 0 Å². The van der Waals surface area contributed by atoms with E-state index in [1.807, 2.05) is 19.1 Å². The third-order valence-corrected chi connectivity index (χ3v) is 6.83. The fraction of sp³-hybridized carbons (Fsp3) is 0.522. The summed E-state index contributed by atoms with van der Waals surface area (Å²) in [5.74, 6) is 2.14. The van der Waals surface area contributed by atoms with Gasteiger partial charge in [-0.15, -0.1) is 6.58 Å². The molecule has 2 N–H and O–H groups in total. The van der Waals surface area contributed by atoms with Crippen LogP contribution < -0.4 is 15.0 Å². The standard InChI is InChI=1S/C23H30N2O4/c1-5-13-12-25-10-9-14(13)11-17(25)21(26)19-15(6-2)23(27)24-16-7-8-18(28-3)22(29-4)20(16)19/h5,7-8,13-14,17,21,26H,1,6,9-12H2,2-4H3,(H,24,27)/t13-,14?,17-,21-/m0/s1. The van der Waals surface area contributed by atoms with Crippen molar-refractivity contribution < 1.29 is 14.6 Å². The number of benzene rings is 1. The highest BCUT2D eigenvalue weighted by Gasteiger charge is 2.43. The van der Waals surface area contributed by atoms with E-state index in [1.54, 1.807) is 20.3 Å². The Hall–Kier alpha value is -2.31. The molecule has 156 valence electrons. The van der Waals surface area contributed by atoms with Gasteiger partial charge in [0.05, 0.1) is 31.2 Å². The highest BCUT2D eigenvalue weighted by atomic mass is 16.5. The van der Waals surface area contributed by atoms with Crippen molar-refractivity contribution in [3.63, 3.8) is 0 Å². The minimum Gasteiger partial charge on any atom is -0.493 e. The third kappa shape index (κ3) is 3.15. The molecule has 3 saturated heterocycles. The number of piperidine rings is 3. The topological polar surface area (TPSA) is 74.8 Å². The molecule has 2 bridgehead atoms. The van der Waals surface area contributed by atoms with Gasteiger partial charge in [-0.3, -0.25) is 9.69 Å². The van der Waals surface area contributed by atoms with Crippen LogP contribution in [0, 0.1) is 11.8 Å². The number of hydrogen-bond acceptors (Lipinski definition) is 5. The van der Waals surface area contributed by atoms with Gasteiger partial charge < -0.3 is 19.6 Å². The van der Waals surface area contributed by atoms with E-state index in [9.17, 15) is 9.90 Å². The van der Waals surface area contributed by atoms with Crippen molar-refractivity contribution >= 4 is 10.9 Å². The Morgan fingerprint density at radius 3 is 2.76 bits per heavy atom. The maximum absolute atomic E-state index is 12.8. The molecule has 1 aromatic heterocycles. The number of aromatic amines is 1. The SMILES string of the molecule is C=C[C@H]1CN2CCC1C[C@H]2[C@H](O)c1c(CC)c(=O)[nH]c2ccc(OC)c(OC)c12. The number of rotatable bonds is 6. The predicted molar refractivity (Wildman–Crippen MR) is 114 cm³/mol. The molecule has 3 aliphatic heterocycles. The second kappa shape index (κ2) is 7.84. The lowest BCUT2D eigenvalue weighted by molar-refractivity contribution is -0.0447. The summed E-state index contributed by atoms with van der Waals surface area (Å²) in [5.41, 5.74) is 1.79. The van der Waals surface area contributed by atoms with E-state index in [0.29, 0.717) is 46.4 Å². The van der Waals surface area contributed by atoms with E-state index in [1.165, 1.54) is 0 Å². The summed E-state index contributed by atoms with van der Waals surface area (Å²) in [6.45, 7) is 7.82. The fourth-order valence-corrected chi connectivity index (χ4v) is 5.34. The maximum atomic E-state index is 12.8. The van der Waals surface area contributed by atoms with Gasteiger partial charge in [-0.25, -0.2) is 0 Å². The molecule has 3 aliphatic rings. The summed E-state index contributed by atoms with van der Waals surface area (Å²) in [6.07, 6.45) is 3.84. The molecular weight excluding hydrogens is 368 g/mol. The second-order valence-corrected chi connectivity index (χ2v) is 8.11. The molecule has 2 aromatic rings. The highest BCUT2D eigenvalue weighted by molar-refractivity contribution is 5.92. The van der Waals surface area contributed by atoms with E-state index < -0.39 is 6.10 Å². The van der Waals surface area contributed by atoms with Crippen molar-refractivity contribution in [3.8, 4) is 11.5 Å². The molecule has 29 heavy (non-hydrogen) atoms. The summed E-state index contributed by atoms with van der Waals surface area (Å²) >= 11 is 0. The first-order valence-electron chi connectivity index (χ1n) is 10.4. The van der Waals surface area contributed by atoms with Crippen LogP contribution in [0.1, 0.15) is 37.0 Å². The number of fused-ring (bicyclic) bond motifs is 4. The van der Waals surface area contributed by atoms with E-state index in [0.717, 1.165) is 31.3 Å². The molecule has 5 rings (SSSR count). The van der Waals surface area contributed by atoms with Gasteiger partial charge in [0, 0.05) is 23.7 Å². The van der Waals surface area contributed by atoms with Gasteiger partial charge in [0.2, 0.25) is 0 Å². The van der Waals surface area contributed by atoms with E-state index >= 15 is 0 Å². The fourth-order valence-electron chi connectivity index (χ4n) is 5.34. The van der Waals surface area contributed by atoms with E-state index in [4.69, 9.17) is 9.47 Å². The van der Waals surface area contributed by atoms with Gasteiger partial charge in [0.15, 0.2) is 11.5 Å². The summed E-state index contributed by atoms with van der Waals surface area (Å²) in [6, 6.07) is 3.57. The molecule has 6 nitrogen and oxygen atoms in total. The average molecular weight is 399 g/mol. The van der Waals surface area contributed by atoms with Gasteiger partial charge in [0.25, 0.3) is 5.56 Å². The average Bonchev–Trinajstić information content (AvgIpc) is 2.76. The number of ether oxygens (including phenoxy) is 2. The van der Waals surface area contributed by atoms with Crippen molar-refractivity contribution in [2.24, 2.45) is 11.8 Å². The number of nitrogens with one attached hydrogen (secondary N) is 1. The van der Waals surface area contributed by atoms with Crippen molar-refractivity contribution in [3.05, 3.63) is 46.3 Å². The van der Waals surface area contributed by atoms with Crippen LogP contribution in [0.4, 0.5) is 0 Å². The largest absolute Gasteiger partial charge is 0.493 e. The summed E-state index contributed by atoms with van der Waals surface area (Å²) in [4.78, 5) is 18.1. The first-order valence-corrected chi connectivity index (χ1v) is 10.4. The maximum Gasteiger partial charge on any atom is 0.251 e. The second-order valence-electron chi connectivity index (χ2n) is 8.11. The minimum atomic E-state index is -0.774. The molecule has 5 atom stereocenters. The van der Waals surface area contributed by atoms with Crippen molar-refractivity contribution in [2.75, 3.05) is 27.3 Å². The summed E-state index contributed by atoms with van der Waals surface area (Å²) in [7, 11) is 3.18. The first kappa shape index (κ1) is 20.0. The van der Waals surface area contributed by atoms with Crippen LogP contribution in [-0.2, 0) is 6.42 Å². The Morgan fingerprint density at radius 1 is 1.38 bits per heavy atom. The van der Waals surface area contributed by atoms with Gasteiger partial charge in [-0.1, -0.05) is 13.0 Å². The first-order chi connectivity index (χ1) is 14.0. The minimum absolute atomic E-state index is 0.0174. The van der Waals surface area contributed by atoms with Gasteiger partial charge in [-0.05, 0) is 49.8 Å². The molecule has 0 amide bonds. The molecule has 1 aromatic carbocycles. The lowest BCUT2D eigenvalue weighted by atomic mass is 9.73. The lowest BCUT2D eigenvalue weighted by Crippen LogP contribution is -2.55. The summed E-state index contributed by atoms with van der Waals surface area (Å²) < 4.78 is 11.2. The Balaban J connectivity index is 1.90. The lowest BCUT2D eigenvalue weighted by Gasteiger charge is -2.50. The van der Waals surface area contributed by atoms with Crippen LogP contribution in [0.15, 0.2) is 29.6 Å². The number of aromatic nitrogens is 1. The predicted octanol–water partition coefficient (Wildman–Crippen LogP) is 3.04. The molecular formula is C23H30N2O4. The van der Waals surface area contributed by atoms with Crippen LogP contribution in [0.2, 0.25) is 0 Å². The van der Waals surface area contributed by atoms with Crippen LogP contribution in [-0.4, -0.2) is 48.3 Å². The molecule has 6 heteroatoms. The molecule has 0 radical (unpaired) electrons. The molecule has 4 heterocycles. The number of aliphatic hydroxyl groups excluding tert-OH is 1. The highest BCUT2D eigenvalue weighted by Crippen LogP contribution is 2.45. The normalized spacial score (nSPS) is 27.0. The number of hydrogen-bond donors (Lipinski definition) is 2. The Bertz CT molecular complexity index is 983. The van der Waals surface area contributed by atoms with Crippen molar-refractivity contribution in [2.45, 2.75) is 38.3 Å². The number of H-pyrrole nitrogens is 1. The van der Waals surface area contributed by atoms with E-state index in [2.05, 4.69) is 16.5 Å². The molecule has 3 fully saturated rings. The summed E-state index contributed by atoms with van der Waals surface area (Å²) in [5, 5.41) is 12.4. The third-order valence-electron chi connectivity index (χ3n) is 6.83. The van der Waals surface area contributed by atoms with Crippen LogP contribution in [0.3, 0.4) is 0 Å². The van der Waals surface area contributed by atoms with Crippen LogP contribution in [0.25, 0.3) is 10.9 Å². The Labute approximate surface area is 171 Å². The zero-order valence-corrected chi connectivity index (χ0v) is 17.4. The molecule has 2 unspecified atom stereocenters. The zero-order chi connectivity index (χ0) is 20.7. The zero-order valence-electron chi connectivity index (χ0n) is 17.4.